The summed E-state index contributed by atoms with van der Waals surface area (Å²) in [5, 5.41) is 0.214. The Morgan fingerprint density at radius 1 is 1.57 bits per heavy atom. The van der Waals surface area contributed by atoms with Crippen LogP contribution in [-0.4, -0.2) is 38.2 Å². The zero-order chi connectivity index (χ0) is 15.0. The second kappa shape index (κ2) is 5.45. The summed E-state index contributed by atoms with van der Waals surface area (Å²) in [6, 6.07) is 0. The first-order valence-electron chi connectivity index (χ1n) is 6.49. The molecule has 1 fully saturated rings. The number of carbonyl (C=O) groups excluding carboxylic acids is 1. The van der Waals surface area contributed by atoms with Gasteiger partial charge in [-0.15, -0.1) is 0 Å². The van der Waals surface area contributed by atoms with Crippen molar-refractivity contribution in [1.82, 2.24) is 19.5 Å². The van der Waals surface area contributed by atoms with Gasteiger partial charge in [-0.25, -0.2) is 4.98 Å². The van der Waals surface area contributed by atoms with Crippen LogP contribution in [0.25, 0.3) is 11.2 Å². The van der Waals surface area contributed by atoms with Gasteiger partial charge in [0.2, 0.25) is 5.95 Å². The van der Waals surface area contributed by atoms with Crippen molar-refractivity contribution >= 4 is 34.7 Å². The summed E-state index contributed by atoms with van der Waals surface area (Å²) in [4.78, 5) is 23.0. The topological polar surface area (TPSA) is 105 Å². The van der Waals surface area contributed by atoms with E-state index in [1.807, 2.05) is 0 Å². The second-order valence-corrected chi connectivity index (χ2v) is 5.15. The number of hydrogen-bond donors (Lipinski definition) is 1. The molecule has 0 saturated carbocycles. The first kappa shape index (κ1) is 14.0. The fraction of sp³-hybridized carbons (Fsp3) is 0.500. The van der Waals surface area contributed by atoms with Crippen LogP contribution in [0.3, 0.4) is 0 Å². The Bertz CT molecular complexity index is 689. The number of nitrogens with two attached hydrogens (primary N) is 1. The minimum atomic E-state index is -0.317. The highest BCUT2D eigenvalue weighted by Gasteiger charge is 2.29. The van der Waals surface area contributed by atoms with Crippen LogP contribution < -0.4 is 5.73 Å². The summed E-state index contributed by atoms with van der Waals surface area (Å²) in [5.74, 6) is -0.230. The number of aromatic nitrogens is 4. The summed E-state index contributed by atoms with van der Waals surface area (Å²) in [6.07, 6.45) is 2.78. The fourth-order valence-corrected chi connectivity index (χ4v) is 2.55. The number of halogens is 1. The Hall–Kier alpha value is -1.93. The maximum absolute atomic E-state index is 10.8. The van der Waals surface area contributed by atoms with E-state index in [2.05, 4.69) is 15.0 Å². The summed E-state index contributed by atoms with van der Waals surface area (Å²) >= 11 is 5.99. The van der Waals surface area contributed by atoms with Crippen LogP contribution in [0.2, 0.25) is 5.15 Å². The number of nitrogen functional groups attached to an aromatic ring is 1. The van der Waals surface area contributed by atoms with Crippen molar-refractivity contribution in [3.05, 3.63) is 11.5 Å². The van der Waals surface area contributed by atoms with Crippen molar-refractivity contribution in [2.24, 2.45) is 0 Å². The largest absolute Gasteiger partial charge is 0.463 e. The molecule has 0 aliphatic carbocycles. The lowest BCUT2D eigenvalue weighted by Crippen LogP contribution is -2.18. The van der Waals surface area contributed by atoms with Crippen LogP contribution in [0.4, 0.5) is 5.95 Å². The van der Waals surface area contributed by atoms with Crippen LogP contribution in [-0.2, 0) is 14.3 Å². The molecular formula is C12H14ClN5O3. The van der Waals surface area contributed by atoms with E-state index in [1.165, 1.54) is 6.92 Å². The van der Waals surface area contributed by atoms with E-state index in [-0.39, 0.29) is 36.0 Å². The van der Waals surface area contributed by atoms with Crippen LogP contribution in [0, 0.1) is 0 Å². The van der Waals surface area contributed by atoms with Gasteiger partial charge in [0, 0.05) is 6.92 Å². The van der Waals surface area contributed by atoms with Gasteiger partial charge < -0.3 is 15.2 Å². The third-order valence-electron chi connectivity index (χ3n) is 3.26. The smallest absolute Gasteiger partial charge is 0.302 e. The van der Waals surface area contributed by atoms with Gasteiger partial charge in [-0.3, -0.25) is 9.36 Å². The molecule has 1 unspecified atom stereocenters. The molecule has 0 radical (unpaired) electrons. The van der Waals surface area contributed by atoms with Crippen molar-refractivity contribution in [3.63, 3.8) is 0 Å². The van der Waals surface area contributed by atoms with Crippen molar-refractivity contribution in [3.8, 4) is 0 Å². The van der Waals surface area contributed by atoms with E-state index < -0.39 is 0 Å². The molecule has 1 aliphatic rings. The number of ether oxygens (including phenoxy) is 2. The Morgan fingerprint density at radius 3 is 3.14 bits per heavy atom. The third kappa shape index (κ3) is 2.77. The van der Waals surface area contributed by atoms with Gasteiger partial charge in [0.05, 0.1) is 12.4 Å². The molecule has 2 atom stereocenters. The molecule has 3 heterocycles. The van der Waals surface area contributed by atoms with Crippen LogP contribution in [0.15, 0.2) is 6.33 Å². The molecule has 3 rings (SSSR count). The molecule has 0 bridgehead atoms. The number of carbonyl (C=O) groups is 1. The Balaban J connectivity index is 1.81. The summed E-state index contributed by atoms with van der Waals surface area (Å²) < 4.78 is 12.6. The highest BCUT2D eigenvalue weighted by atomic mass is 35.5. The number of imidazole rings is 1. The molecular weight excluding hydrogens is 298 g/mol. The minimum Gasteiger partial charge on any atom is -0.463 e. The van der Waals surface area contributed by atoms with Gasteiger partial charge in [-0.2, -0.15) is 9.97 Å². The van der Waals surface area contributed by atoms with Crippen LogP contribution >= 0.6 is 11.6 Å². The van der Waals surface area contributed by atoms with Crippen molar-refractivity contribution in [1.29, 1.82) is 0 Å². The SMILES string of the molecule is CC(=O)OC[C@@H]1CCC(n2cnc3c(Cl)nc(N)nc32)O1. The van der Waals surface area contributed by atoms with E-state index >= 15 is 0 Å². The van der Waals surface area contributed by atoms with E-state index in [4.69, 9.17) is 26.8 Å². The van der Waals surface area contributed by atoms with E-state index in [1.54, 1.807) is 10.9 Å². The molecule has 2 N–H and O–H groups in total. The summed E-state index contributed by atoms with van der Waals surface area (Å²) in [7, 11) is 0. The average molecular weight is 312 g/mol. The highest BCUT2D eigenvalue weighted by molar-refractivity contribution is 6.33. The standard InChI is InChI=1S/C12H14ClN5O3/c1-6(19)20-4-7-2-3-8(21-7)18-5-15-9-10(13)16-12(14)17-11(9)18/h5,7-8H,2-4H2,1H3,(H2,14,16,17)/t7-,8?/m0/s1. The Morgan fingerprint density at radius 2 is 2.38 bits per heavy atom. The zero-order valence-corrected chi connectivity index (χ0v) is 12.1. The van der Waals surface area contributed by atoms with E-state index in [0.29, 0.717) is 11.2 Å². The maximum atomic E-state index is 10.8. The van der Waals surface area contributed by atoms with Crippen LogP contribution in [0.5, 0.6) is 0 Å². The average Bonchev–Trinajstić information content (AvgIpc) is 3.02. The molecule has 0 spiro atoms. The highest BCUT2D eigenvalue weighted by Crippen LogP contribution is 2.31. The molecule has 1 aliphatic heterocycles. The molecule has 0 aromatic carbocycles. The summed E-state index contributed by atoms with van der Waals surface area (Å²) in [6.45, 7) is 1.62. The predicted octanol–water partition coefficient (Wildman–Crippen LogP) is 1.30. The van der Waals surface area contributed by atoms with E-state index in [9.17, 15) is 4.79 Å². The number of nitrogens with zero attached hydrogens (tertiary/aromatic N) is 4. The van der Waals surface area contributed by atoms with Gasteiger partial charge in [0.25, 0.3) is 0 Å². The molecule has 9 heteroatoms. The first-order valence-corrected chi connectivity index (χ1v) is 6.86. The van der Waals surface area contributed by atoms with Gasteiger partial charge in [-0.05, 0) is 12.8 Å². The minimum absolute atomic E-state index is 0.0868. The molecule has 0 amide bonds. The summed E-state index contributed by atoms with van der Waals surface area (Å²) in [5.41, 5.74) is 6.63. The molecule has 21 heavy (non-hydrogen) atoms. The Labute approximate surface area is 125 Å². The maximum Gasteiger partial charge on any atom is 0.302 e. The predicted molar refractivity (Wildman–Crippen MR) is 74.5 cm³/mol. The van der Waals surface area contributed by atoms with Gasteiger partial charge in [0.15, 0.2) is 10.8 Å². The van der Waals surface area contributed by atoms with Gasteiger partial charge in [0.1, 0.15) is 18.4 Å². The number of rotatable bonds is 3. The second-order valence-electron chi connectivity index (χ2n) is 4.79. The molecule has 1 saturated heterocycles. The van der Waals surface area contributed by atoms with Gasteiger partial charge >= 0.3 is 5.97 Å². The number of fused-ring (bicyclic) bond motifs is 1. The quantitative estimate of drug-likeness (QED) is 0.672. The lowest BCUT2D eigenvalue weighted by atomic mass is 10.2. The van der Waals surface area contributed by atoms with E-state index in [0.717, 1.165) is 12.8 Å². The number of hydrogen-bond acceptors (Lipinski definition) is 7. The number of esters is 1. The molecule has 2 aromatic heterocycles. The fourth-order valence-electron chi connectivity index (χ4n) is 2.33. The lowest BCUT2D eigenvalue weighted by Gasteiger charge is -2.15. The zero-order valence-electron chi connectivity index (χ0n) is 11.3. The number of anilines is 1. The monoisotopic (exact) mass is 311 g/mol. The third-order valence-corrected chi connectivity index (χ3v) is 3.53. The molecule has 112 valence electrons. The van der Waals surface area contributed by atoms with Crippen molar-refractivity contribution < 1.29 is 14.3 Å². The molecule has 8 nitrogen and oxygen atoms in total. The lowest BCUT2D eigenvalue weighted by molar-refractivity contribution is -0.145. The van der Waals surface area contributed by atoms with Gasteiger partial charge in [-0.1, -0.05) is 11.6 Å². The first-order chi connectivity index (χ1) is 10.0. The van der Waals surface area contributed by atoms with Crippen LogP contribution in [0.1, 0.15) is 26.0 Å². The van der Waals surface area contributed by atoms with Crippen molar-refractivity contribution in [2.45, 2.75) is 32.1 Å². The molecule has 2 aromatic rings. The van der Waals surface area contributed by atoms with Crippen molar-refractivity contribution in [2.75, 3.05) is 12.3 Å². The Kier molecular flexibility index (Phi) is 3.64. The normalized spacial score (nSPS) is 21.8.